The molecule has 1 saturated carbocycles. The summed E-state index contributed by atoms with van der Waals surface area (Å²) in [4.78, 5) is 6.95. The van der Waals surface area contributed by atoms with Gasteiger partial charge in [-0.15, -0.1) is 0 Å². The van der Waals surface area contributed by atoms with Crippen LogP contribution in [0.4, 0.5) is 24.8 Å². The lowest BCUT2D eigenvalue weighted by Crippen LogP contribution is -2.43. The maximum Gasteiger partial charge on any atom is 0.451 e. The molecule has 1 aliphatic rings. The Balaban J connectivity index is 2.14. The second kappa shape index (κ2) is 6.05. The zero-order valence-corrected chi connectivity index (χ0v) is 11.8. The predicted octanol–water partition coefficient (Wildman–Crippen LogP) is 2.64. The predicted molar refractivity (Wildman–Crippen MR) is 73.1 cm³/mol. The van der Waals surface area contributed by atoms with Crippen LogP contribution in [0.15, 0.2) is 6.07 Å². The summed E-state index contributed by atoms with van der Waals surface area (Å²) < 4.78 is 38.4. The molecule has 118 valence electrons. The zero-order chi connectivity index (χ0) is 15.5. The summed E-state index contributed by atoms with van der Waals surface area (Å²) in [6.45, 7) is 2.62. The van der Waals surface area contributed by atoms with Crippen LogP contribution in [0, 0.1) is 0 Å². The van der Waals surface area contributed by atoms with E-state index in [2.05, 4.69) is 20.6 Å². The average Bonchev–Trinajstić information content (AvgIpc) is 2.39. The Morgan fingerprint density at radius 3 is 2.33 bits per heavy atom. The average molecular weight is 304 g/mol. The fraction of sp³-hybridized carbons (Fsp3) is 0.692. The fourth-order valence-electron chi connectivity index (χ4n) is 2.02. The van der Waals surface area contributed by atoms with Crippen molar-refractivity contribution in [2.24, 2.45) is 0 Å². The number of halogens is 3. The molecule has 0 bridgehead atoms. The molecule has 0 amide bonds. The highest BCUT2D eigenvalue weighted by Gasteiger charge is 2.36. The number of hydrogen-bond acceptors (Lipinski definition) is 5. The van der Waals surface area contributed by atoms with E-state index >= 15 is 0 Å². The van der Waals surface area contributed by atoms with E-state index in [9.17, 15) is 18.3 Å². The van der Waals surface area contributed by atoms with Gasteiger partial charge in [-0.25, -0.2) is 9.97 Å². The van der Waals surface area contributed by atoms with E-state index < -0.39 is 17.6 Å². The topological polar surface area (TPSA) is 70.1 Å². The molecule has 0 saturated heterocycles. The molecule has 0 spiro atoms. The van der Waals surface area contributed by atoms with Crippen molar-refractivity contribution in [2.75, 3.05) is 23.7 Å². The monoisotopic (exact) mass is 304 g/mol. The van der Waals surface area contributed by atoms with E-state index in [4.69, 9.17) is 0 Å². The Hall–Kier alpha value is -1.57. The Kier molecular flexibility index (Phi) is 4.55. The second-order valence-corrected chi connectivity index (χ2v) is 5.32. The van der Waals surface area contributed by atoms with E-state index in [1.165, 1.54) is 6.07 Å². The number of aromatic nitrogens is 2. The van der Waals surface area contributed by atoms with Crippen LogP contribution >= 0.6 is 0 Å². The summed E-state index contributed by atoms with van der Waals surface area (Å²) in [5.41, 5.74) is -0.833. The quantitative estimate of drug-likeness (QED) is 0.754. The lowest BCUT2D eigenvalue weighted by Gasteiger charge is -2.36. The Bertz CT molecular complexity index is 489. The van der Waals surface area contributed by atoms with Crippen LogP contribution in [0.1, 0.15) is 38.4 Å². The van der Waals surface area contributed by atoms with Crippen LogP contribution in [0.2, 0.25) is 0 Å². The molecule has 21 heavy (non-hydrogen) atoms. The van der Waals surface area contributed by atoms with Gasteiger partial charge in [0.15, 0.2) is 0 Å². The van der Waals surface area contributed by atoms with Crippen LogP contribution in [-0.4, -0.2) is 33.8 Å². The smallest absolute Gasteiger partial charge is 0.388 e. The van der Waals surface area contributed by atoms with E-state index in [0.29, 0.717) is 19.4 Å². The summed E-state index contributed by atoms with van der Waals surface area (Å²) in [5, 5.41) is 15.6. The molecule has 3 N–H and O–H groups in total. The first kappa shape index (κ1) is 15.8. The minimum absolute atomic E-state index is 0.0660. The number of rotatable bonds is 6. The molecule has 0 radical (unpaired) electrons. The van der Waals surface area contributed by atoms with Gasteiger partial charge in [-0.3, -0.25) is 0 Å². The van der Waals surface area contributed by atoms with E-state index in [1.807, 2.05) is 6.92 Å². The molecular weight excluding hydrogens is 285 g/mol. The fourth-order valence-corrected chi connectivity index (χ4v) is 2.02. The molecule has 8 heteroatoms. The van der Waals surface area contributed by atoms with Crippen molar-refractivity contribution in [3.8, 4) is 0 Å². The summed E-state index contributed by atoms with van der Waals surface area (Å²) in [6.07, 6.45) is -1.60. The van der Waals surface area contributed by atoms with Crippen LogP contribution in [0.25, 0.3) is 0 Å². The molecule has 2 rings (SSSR count). The minimum atomic E-state index is -4.60. The van der Waals surface area contributed by atoms with E-state index in [1.54, 1.807) is 0 Å². The maximum atomic E-state index is 12.8. The molecule has 0 atom stereocenters. The van der Waals surface area contributed by atoms with Gasteiger partial charge in [0.05, 0.1) is 5.60 Å². The van der Waals surface area contributed by atoms with Gasteiger partial charge in [0.25, 0.3) is 0 Å². The van der Waals surface area contributed by atoms with Gasteiger partial charge in [-0.2, -0.15) is 13.2 Å². The third-order valence-electron chi connectivity index (χ3n) is 3.42. The van der Waals surface area contributed by atoms with Crippen LogP contribution < -0.4 is 10.6 Å². The summed E-state index contributed by atoms with van der Waals surface area (Å²) in [6, 6.07) is 1.42. The normalized spacial score (nSPS) is 17.2. The van der Waals surface area contributed by atoms with Crippen molar-refractivity contribution in [3.63, 3.8) is 0 Å². The molecular formula is C13H19F3N4O. The van der Waals surface area contributed by atoms with Gasteiger partial charge < -0.3 is 15.7 Å². The van der Waals surface area contributed by atoms with Crippen LogP contribution in [0.3, 0.4) is 0 Å². The Morgan fingerprint density at radius 1 is 1.24 bits per heavy atom. The molecule has 0 unspecified atom stereocenters. The molecule has 1 aromatic rings. The van der Waals surface area contributed by atoms with Gasteiger partial charge in [0, 0.05) is 19.2 Å². The lowest BCUT2D eigenvalue weighted by molar-refractivity contribution is -0.144. The summed E-state index contributed by atoms with van der Waals surface area (Å²) in [5.74, 6) is -0.995. The highest BCUT2D eigenvalue weighted by atomic mass is 19.4. The number of nitrogens with one attached hydrogen (secondary N) is 2. The van der Waals surface area contributed by atoms with Gasteiger partial charge >= 0.3 is 6.18 Å². The summed E-state index contributed by atoms with van der Waals surface area (Å²) in [7, 11) is 0. The third kappa shape index (κ3) is 4.20. The molecule has 1 fully saturated rings. The number of nitrogens with zero attached hydrogens (tertiary/aromatic N) is 2. The number of hydrogen-bond donors (Lipinski definition) is 3. The Morgan fingerprint density at radius 2 is 1.86 bits per heavy atom. The van der Waals surface area contributed by atoms with Crippen LogP contribution in [0.5, 0.6) is 0 Å². The van der Waals surface area contributed by atoms with Crippen molar-refractivity contribution in [1.82, 2.24) is 9.97 Å². The third-order valence-corrected chi connectivity index (χ3v) is 3.42. The van der Waals surface area contributed by atoms with E-state index in [-0.39, 0.29) is 18.2 Å². The first-order chi connectivity index (χ1) is 9.82. The number of alkyl halides is 3. The van der Waals surface area contributed by atoms with Crippen LogP contribution in [-0.2, 0) is 6.18 Å². The number of anilines is 2. The molecule has 1 aliphatic carbocycles. The largest absolute Gasteiger partial charge is 0.451 e. The minimum Gasteiger partial charge on any atom is -0.388 e. The number of aliphatic hydroxyl groups is 1. The second-order valence-electron chi connectivity index (χ2n) is 5.32. The molecule has 5 nitrogen and oxygen atoms in total. The first-order valence-electron chi connectivity index (χ1n) is 6.99. The molecule has 0 aromatic carbocycles. The summed E-state index contributed by atoms with van der Waals surface area (Å²) >= 11 is 0. The van der Waals surface area contributed by atoms with Crippen molar-refractivity contribution in [3.05, 3.63) is 11.9 Å². The molecule has 1 aromatic heterocycles. The lowest BCUT2D eigenvalue weighted by atomic mass is 9.80. The van der Waals surface area contributed by atoms with Crippen molar-refractivity contribution in [1.29, 1.82) is 0 Å². The highest BCUT2D eigenvalue weighted by molar-refractivity contribution is 5.48. The van der Waals surface area contributed by atoms with Gasteiger partial charge in [0.2, 0.25) is 5.82 Å². The van der Waals surface area contributed by atoms with Crippen molar-refractivity contribution in [2.45, 2.75) is 44.4 Å². The first-order valence-corrected chi connectivity index (χ1v) is 6.99. The van der Waals surface area contributed by atoms with Crippen molar-refractivity contribution >= 4 is 11.6 Å². The molecule has 1 heterocycles. The van der Waals surface area contributed by atoms with E-state index in [0.717, 1.165) is 12.8 Å². The van der Waals surface area contributed by atoms with Gasteiger partial charge in [0.1, 0.15) is 11.6 Å². The standard InChI is InChI=1S/C13H19F3N4O/c1-2-6-17-9-7-10(18-8-12(21)4-3-5-12)20-11(19-9)13(14,15)16/h7,21H,2-6,8H2,1H3,(H2,17,18,19,20). The maximum absolute atomic E-state index is 12.8. The van der Waals surface area contributed by atoms with Gasteiger partial charge in [-0.05, 0) is 25.7 Å². The van der Waals surface area contributed by atoms with Gasteiger partial charge in [-0.1, -0.05) is 6.92 Å². The Labute approximate surface area is 121 Å². The molecule has 0 aliphatic heterocycles. The SMILES string of the molecule is CCCNc1cc(NCC2(O)CCC2)nc(C(F)(F)F)n1. The van der Waals surface area contributed by atoms with Crippen molar-refractivity contribution < 1.29 is 18.3 Å². The highest BCUT2D eigenvalue weighted by Crippen LogP contribution is 2.32. The zero-order valence-electron chi connectivity index (χ0n) is 11.8.